The van der Waals surface area contributed by atoms with Gasteiger partial charge in [-0.2, -0.15) is 13.2 Å². The highest BCUT2D eigenvalue weighted by atomic mass is 35.5. The Bertz CT molecular complexity index is 1050. The minimum absolute atomic E-state index is 0.0870. The lowest BCUT2D eigenvalue weighted by atomic mass is 10.2. The normalized spacial score (nSPS) is 11.3. The first kappa shape index (κ1) is 18.7. The number of anilines is 1. The number of carbonyl (C=O) groups is 1. The molecule has 138 valence electrons. The molecule has 0 saturated heterocycles. The topological polar surface area (TPSA) is 74.8 Å². The fourth-order valence-electron chi connectivity index (χ4n) is 2.28. The van der Waals surface area contributed by atoms with Crippen molar-refractivity contribution in [1.29, 1.82) is 0 Å². The lowest BCUT2D eigenvalue weighted by molar-refractivity contribution is -0.137. The molecule has 0 aliphatic carbocycles. The van der Waals surface area contributed by atoms with Gasteiger partial charge in [0.25, 0.3) is 11.5 Å². The van der Waals surface area contributed by atoms with Gasteiger partial charge in [-0.05, 0) is 42.5 Å². The van der Waals surface area contributed by atoms with Gasteiger partial charge in [-0.15, -0.1) is 0 Å². The summed E-state index contributed by atoms with van der Waals surface area (Å²) >= 11 is 5.80. The third-order valence-corrected chi connectivity index (χ3v) is 3.86. The van der Waals surface area contributed by atoms with Gasteiger partial charge in [0, 0.05) is 22.5 Å². The number of nitrogens with one attached hydrogen (secondary N) is 2. The van der Waals surface area contributed by atoms with Crippen molar-refractivity contribution >= 4 is 23.2 Å². The third-order valence-electron chi connectivity index (χ3n) is 3.61. The lowest BCUT2D eigenvalue weighted by Crippen LogP contribution is -2.24. The average Bonchev–Trinajstić information content (AvgIpc) is 2.61. The number of carbonyl (C=O) groups excluding carboxylic acids is 1. The standard InChI is InChI=1S/C18H11ClF3N3O2/c19-12-6-4-10(5-7-12)15-23-9-14(17(27)25-15)16(26)24-13-3-1-2-11(8-13)18(20,21)22/h1-9H,(H,24,26)(H,23,25,27). The minimum atomic E-state index is -4.54. The zero-order valence-electron chi connectivity index (χ0n) is 13.5. The van der Waals surface area contributed by atoms with Crippen LogP contribution in [-0.2, 0) is 6.18 Å². The molecule has 0 atom stereocenters. The van der Waals surface area contributed by atoms with E-state index in [1.54, 1.807) is 24.3 Å². The first-order chi connectivity index (χ1) is 12.7. The van der Waals surface area contributed by atoms with Crippen LogP contribution in [0.1, 0.15) is 15.9 Å². The molecule has 5 nitrogen and oxygen atoms in total. The monoisotopic (exact) mass is 393 g/mol. The number of H-pyrrole nitrogens is 1. The minimum Gasteiger partial charge on any atom is -0.322 e. The Labute approximate surface area is 155 Å². The molecule has 9 heteroatoms. The highest BCUT2D eigenvalue weighted by Crippen LogP contribution is 2.30. The maximum absolute atomic E-state index is 12.7. The fourth-order valence-corrected chi connectivity index (χ4v) is 2.41. The van der Waals surface area contributed by atoms with Crippen molar-refractivity contribution in [3.8, 4) is 11.4 Å². The molecule has 0 bridgehead atoms. The molecule has 2 aromatic carbocycles. The van der Waals surface area contributed by atoms with E-state index < -0.39 is 23.2 Å². The summed E-state index contributed by atoms with van der Waals surface area (Å²) in [5.41, 5.74) is -1.47. The van der Waals surface area contributed by atoms with E-state index in [1.165, 1.54) is 6.07 Å². The number of aromatic nitrogens is 2. The Morgan fingerprint density at radius 3 is 2.44 bits per heavy atom. The van der Waals surface area contributed by atoms with Crippen molar-refractivity contribution in [2.75, 3.05) is 5.32 Å². The maximum Gasteiger partial charge on any atom is 0.416 e. The summed E-state index contributed by atoms with van der Waals surface area (Å²) in [7, 11) is 0. The summed E-state index contributed by atoms with van der Waals surface area (Å²) in [6.07, 6.45) is -3.48. The van der Waals surface area contributed by atoms with Crippen LogP contribution in [0.25, 0.3) is 11.4 Å². The Balaban J connectivity index is 1.83. The Morgan fingerprint density at radius 2 is 1.81 bits per heavy atom. The summed E-state index contributed by atoms with van der Waals surface area (Å²) < 4.78 is 38.2. The molecule has 27 heavy (non-hydrogen) atoms. The van der Waals surface area contributed by atoms with Gasteiger partial charge in [0.05, 0.1) is 5.56 Å². The molecule has 0 fully saturated rings. The second kappa shape index (κ2) is 7.24. The summed E-state index contributed by atoms with van der Waals surface area (Å²) in [6, 6.07) is 10.6. The van der Waals surface area contributed by atoms with E-state index in [9.17, 15) is 22.8 Å². The van der Waals surface area contributed by atoms with E-state index in [-0.39, 0.29) is 17.1 Å². The van der Waals surface area contributed by atoms with Gasteiger partial charge in [-0.3, -0.25) is 9.59 Å². The molecule has 1 aromatic heterocycles. The van der Waals surface area contributed by atoms with E-state index in [0.717, 1.165) is 24.4 Å². The summed E-state index contributed by atoms with van der Waals surface area (Å²) in [4.78, 5) is 30.9. The van der Waals surface area contributed by atoms with E-state index in [1.807, 2.05) is 0 Å². The molecule has 0 unspecified atom stereocenters. The van der Waals surface area contributed by atoms with Crippen LogP contribution in [0.2, 0.25) is 5.02 Å². The Kier molecular flexibility index (Phi) is 5.00. The zero-order valence-corrected chi connectivity index (χ0v) is 14.2. The van der Waals surface area contributed by atoms with Crippen LogP contribution in [0, 0.1) is 0 Å². The van der Waals surface area contributed by atoms with Crippen LogP contribution >= 0.6 is 11.6 Å². The summed E-state index contributed by atoms with van der Waals surface area (Å²) in [5, 5.41) is 2.77. The molecule has 3 aromatic rings. The van der Waals surface area contributed by atoms with E-state index >= 15 is 0 Å². The van der Waals surface area contributed by atoms with Crippen LogP contribution in [-0.4, -0.2) is 15.9 Å². The molecule has 3 rings (SSSR count). The predicted molar refractivity (Wildman–Crippen MR) is 94.7 cm³/mol. The second-order valence-corrected chi connectivity index (χ2v) is 5.95. The van der Waals surface area contributed by atoms with Gasteiger partial charge >= 0.3 is 6.18 Å². The number of hydrogen-bond donors (Lipinski definition) is 2. The number of amides is 1. The highest BCUT2D eigenvalue weighted by molar-refractivity contribution is 6.30. The lowest BCUT2D eigenvalue weighted by Gasteiger charge is -2.10. The quantitative estimate of drug-likeness (QED) is 0.694. The van der Waals surface area contributed by atoms with Gasteiger partial charge < -0.3 is 10.3 Å². The van der Waals surface area contributed by atoms with Gasteiger partial charge in [0.15, 0.2) is 0 Å². The molecule has 0 aliphatic rings. The first-order valence-electron chi connectivity index (χ1n) is 7.58. The molecular formula is C18H11ClF3N3O2. The molecule has 0 radical (unpaired) electrons. The van der Waals surface area contributed by atoms with E-state index in [4.69, 9.17) is 11.6 Å². The van der Waals surface area contributed by atoms with Crippen LogP contribution in [0.5, 0.6) is 0 Å². The largest absolute Gasteiger partial charge is 0.416 e. The highest BCUT2D eigenvalue weighted by Gasteiger charge is 2.30. The van der Waals surface area contributed by atoms with Crippen molar-refractivity contribution in [3.63, 3.8) is 0 Å². The summed E-state index contributed by atoms with van der Waals surface area (Å²) in [5.74, 6) is -0.641. The smallest absolute Gasteiger partial charge is 0.322 e. The molecule has 1 amide bonds. The Morgan fingerprint density at radius 1 is 1.11 bits per heavy atom. The summed E-state index contributed by atoms with van der Waals surface area (Å²) in [6.45, 7) is 0. The number of aromatic amines is 1. The molecule has 1 heterocycles. The molecule has 0 aliphatic heterocycles. The molecule has 2 N–H and O–H groups in total. The molecule has 0 spiro atoms. The number of benzene rings is 2. The maximum atomic E-state index is 12.7. The number of halogens is 4. The SMILES string of the molecule is O=C(Nc1cccc(C(F)(F)F)c1)c1cnc(-c2ccc(Cl)cc2)[nH]c1=O. The average molecular weight is 394 g/mol. The number of rotatable bonds is 3. The fraction of sp³-hybridized carbons (Fsp3) is 0.0556. The third kappa shape index (κ3) is 4.35. The number of alkyl halides is 3. The molecule has 0 saturated carbocycles. The van der Waals surface area contributed by atoms with Crippen LogP contribution in [0.15, 0.2) is 59.5 Å². The van der Waals surface area contributed by atoms with Crippen molar-refractivity contribution < 1.29 is 18.0 Å². The van der Waals surface area contributed by atoms with E-state index in [2.05, 4.69) is 15.3 Å². The van der Waals surface area contributed by atoms with Crippen molar-refractivity contribution in [2.45, 2.75) is 6.18 Å². The van der Waals surface area contributed by atoms with Gasteiger partial charge in [0.2, 0.25) is 0 Å². The van der Waals surface area contributed by atoms with Crippen molar-refractivity contribution in [1.82, 2.24) is 9.97 Å². The van der Waals surface area contributed by atoms with Crippen molar-refractivity contribution in [2.24, 2.45) is 0 Å². The first-order valence-corrected chi connectivity index (χ1v) is 7.96. The zero-order chi connectivity index (χ0) is 19.6. The number of nitrogens with zero attached hydrogens (tertiary/aromatic N) is 1. The molecular weight excluding hydrogens is 383 g/mol. The van der Waals surface area contributed by atoms with Crippen LogP contribution < -0.4 is 10.9 Å². The Hall–Kier alpha value is -3.13. The van der Waals surface area contributed by atoms with Gasteiger partial charge in [-0.25, -0.2) is 4.98 Å². The van der Waals surface area contributed by atoms with E-state index in [0.29, 0.717) is 10.6 Å². The van der Waals surface area contributed by atoms with Gasteiger partial charge in [-0.1, -0.05) is 17.7 Å². The van der Waals surface area contributed by atoms with Crippen LogP contribution in [0.4, 0.5) is 18.9 Å². The van der Waals surface area contributed by atoms with Crippen LogP contribution in [0.3, 0.4) is 0 Å². The second-order valence-electron chi connectivity index (χ2n) is 5.51. The number of hydrogen-bond acceptors (Lipinski definition) is 3. The van der Waals surface area contributed by atoms with Gasteiger partial charge in [0.1, 0.15) is 11.4 Å². The van der Waals surface area contributed by atoms with Crippen molar-refractivity contribution in [3.05, 3.63) is 81.2 Å². The predicted octanol–water partition coefficient (Wildman–Crippen LogP) is 4.36.